The third kappa shape index (κ3) is 5.73. The van der Waals surface area contributed by atoms with Crippen LogP contribution in [0.2, 0.25) is 0 Å². The summed E-state index contributed by atoms with van der Waals surface area (Å²) >= 11 is 0. The molecule has 0 aliphatic heterocycles. The van der Waals surface area contributed by atoms with Crippen LogP contribution in [0.4, 0.5) is 4.79 Å². The van der Waals surface area contributed by atoms with Gasteiger partial charge in [-0.2, -0.15) is 0 Å². The van der Waals surface area contributed by atoms with E-state index in [9.17, 15) is 9.59 Å². The van der Waals surface area contributed by atoms with E-state index in [1.54, 1.807) is 0 Å². The molecule has 0 spiro atoms. The van der Waals surface area contributed by atoms with Crippen molar-refractivity contribution < 1.29 is 14.7 Å². The maximum atomic E-state index is 11.7. The van der Waals surface area contributed by atoms with Gasteiger partial charge in [0.25, 0.3) is 0 Å². The third-order valence-corrected chi connectivity index (χ3v) is 2.94. The van der Waals surface area contributed by atoms with Gasteiger partial charge in [0.05, 0.1) is 0 Å². The minimum Gasteiger partial charge on any atom is -0.480 e. The highest BCUT2D eigenvalue weighted by Crippen LogP contribution is 2.03. The first-order valence-corrected chi connectivity index (χ1v) is 6.86. The Morgan fingerprint density at radius 3 is 2.40 bits per heavy atom. The first kappa shape index (κ1) is 16.0. The van der Waals surface area contributed by atoms with Gasteiger partial charge in [0.1, 0.15) is 6.04 Å². The number of hydrogen-bond donors (Lipinski definition) is 3. The maximum Gasteiger partial charge on any atom is 0.326 e. The van der Waals surface area contributed by atoms with Crippen LogP contribution in [0.25, 0.3) is 0 Å². The van der Waals surface area contributed by atoms with E-state index in [1.807, 2.05) is 44.2 Å². The van der Waals surface area contributed by atoms with Crippen LogP contribution in [0.1, 0.15) is 32.3 Å². The molecule has 0 aliphatic carbocycles. The zero-order valence-electron chi connectivity index (χ0n) is 11.9. The zero-order chi connectivity index (χ0) is 15.0. The normalized spacial score (nSPS) is 13.3. The van der Waals surface area contributed by atoms with Gasteiger partial charge in [0, 0.05) is 6.04 Å². The van der Waals surface area contributed by atoms with Gasteiger partial charge in [-0.1, -0.05) is 43.7 Å². The van der Waals surface area contributed by atoms with Crippen molar-refractivity contribution in [3.8, 4) is 0 Å². The monoisotopic (exact) mass is 278 g/mol. The van der Waals surface area contributed by atoms with Crippen LogP contribution in [0.5, 0.6) is 0 Å². The molecule has 0 radical (unpaired) electrons. The summed E-state index contributed by atoms with van der Waals surface area (Å²) in [5.74, 6) is -1.00. The molecule has 0 aliphatic rings. The van der Waals surface area contributed by atoms with Crippen LogP contribution in [-0.2, 0) is 11.2 Å². The van der Waals surface area contributed by atoms with Crippen LogP contribution in [0.15, 0.2) is 30.3 Å². The predicted octanol–water partition coefficient (Wildman–Crippen LogP) is 2.17. The molecule has 1 rings (SSSR count). The molecule has 1 unspecified atom stereocenters. The van der Waals surface area contributed by atoms with Gasteiger partial charge < -0.3 is 15.7 Å². The van der Waals surface area contributed by atoms with Crippen molar-refractivity contribution in [2.75, 3.05) is 0 Å². The molecule has 0 heterocycles. The van der Waals surface area contributed by atoms with Crippen molar-refractivity contribution in [2.45, 2.75) is 45.2 Å². The Labute approximate surface area is 119 Å². The van der Waals surface area contributed by atoms with Gasteiger partial charge in [-0.25, -0.2) is 9.59 Å². The van der Waals surface area contributed by atoms with Crippen LogP contribution in [0.3, 0.4) is 0 Å². The fourth-order valence-corrected chi connectivity index (χ4v) is 1.99. The van der Waals surface area contributed by atoms with Gasteiger partial charge in [-0.3, -0.25) is 0 Å². The molecule has 0 saturated heterocycles. The molecule has 0 fully saturated rings. The SMILES string of the molecule is CCC[C@@H](NC(=O)NC(C)Cc1ccccc1)C(=O)O. The van der Waals surface area contributed by atoms with Crippen molar-refractivity contribution in [2.24, 2.45) is 0 Å². The van der Waals surface area contributed by atoms with E-state index in [-0.39, 0.29) is 6.04 Å². The van der Waals surface area contributed by atoms with Crippen molar-refractivity contribution in [1.82, 2.24) is 10.6 Å². The molecule has 1 aromatic carbocycles. The highest BCUT2D eigenvalue weighted by atomic mass is 16.4. The van der Waals surface area contributed by atoms with Crippen molar-refractivity contribution in [3.05, 3.63) is 35.9 Å². The standard InChI is InChI=1S/C15H22N2O3/c1-3-7-13(14(18)19)17-15(20)16-11(2)10-12-8-5-4-6-9-12/h4-6,8-9,11,13H,3,7,10H2,1-2H3,(H,18,19)(H2,16,17,20)/t11?,13-/m1/s1. The zero-order valence-corrected chi connectivity index (χ0v) is 11.9. The highest BCUT2D eigenvalue weighted by Gasteiger charge is 2.19. The number of hydrogen-bond acceptors (Lipinski definition) is 2. The summed E-state index contributed by atoms with van der Waals surface area (Å²) < 4.78 is 0. The molecule has 0 bridgehead atoms. The van der Waals surface area contributed by atoms with Gasteiger partial charge in [-0.15, -0.1) is 0 Å². The summed E-state index contributed by atoms with van der Waals surface area (Å²) in [5, 5.41) is 14.2. The summed E-state index contributed by atoms with van der Waals surface area (Å²) in [4.78, 5) is 22.7. The maximum absolute atomic E-state index is 11.7. The average Bonchev–Trinajstić information content (AvgIpc) is 2.38. The Hall–Kier alpha value is -2.04. The lowest BCUT2D eigenvalue weighted by molar-refractivity contribution is -0.139. The summed E-state index contributed by atoms with van der Waals surface area (Å²) in [6.07, 6.45) is 1.84. The largest absolute Gasteiger partial charge is 0.480 e. The topological polar surface area (TPSA) is 78.4 Å². The Morgan fingerprint density at radius 2 is 1.85 bits per heavy atom. The van der Waals surface area contributed by atoms with Crippen molar-refractivity contribution >= 4 is 12.0 Å². The first-order chi connectivity index (χ1) is 9.52. The second-order valence-corrected chi connectivity index (χ2v) is 4.89. The van der Waals surface area contributed by atoms with Crippen LogP contribution >= 0.6 is 0 Å². The number of carbonyl (C=O) groups excluding carboxylic acids is 1. The number of urea groups is 1. The molecule has 20 heavy (non-hydrogen) atoms. The van der Waals surface area contributed by atoms with E-state index in [2.05, 4.69) is 10.6 Å². The number of benzene rings is 1. The van der Waals surface area contributed by atoms with Gasteiger partial charge in [0.15, 0.2) is 0 Å². The molecule has 1 aromatic rings. The summed E-state index contributed by atoms with van der Waals surface area (Å²) in [6, 6.07) is 8.50. The minimum absolute atomic E-state index is 0.0616. The number of nitrogens with one attached hydrogen (secondary N) is 2. The third-order valence-electron chi connectivity index (χ3n) is 2.94. The van der Waals surface area contributed by atoms with E-state index >= 15 is 0 Å². The molecule has 2 atom stereocenters. The smallest absolute Gasteiger partial charge is 0.326 e. The van der Waals surface area contributed by atoms with Crippen molar-refractivity contribution in [1.29, 1.82) is 0 Å². The van der Waals surface area contributed by atoms with E-state index < -0.39 is 18.0 Å². The lowest BCUT2D eigenvalue weighted by Crippen LogP contribution is -2.48. The highest BCUT2D eigenvalue weighted by molar-refractivity contribution is 5.82. The fraction of sp³-hybridized carbons (Fsp3) is 0.467. The van der Waals surface area contributed by atoms with Crippen LogP contribution in [-0.4, -0.2) is 29.2 Å². The van der Waals surface area contributed by atoms with E-state index in [0.717, 1.165) is 5.56 Å². The quantitative estimate of drug-likeness (QED) is 0.715. The number of aliphatic carboxylic acids is 1. The first-order valence-electron chi connectivity index (χ1n) is 6.86. The fourth-order valence-electron chi connectivity index (χ4n) is 1.99. The van der Waals surface area contributed by atoms with E-state index in [1.165, 1.54) is 0 Å². The van der Waals surface area contributed by atoms with Gasteiger partial charge in [0.2, 0.25) is 0 Å². The molecule has 0 aromatic heterocycles. The van der Waals surface area contributed by atoms with E-state index in [4.69, 9.17) is 5.11 Å². The molecular formula is C15H22N2O3. The Balaban J connectivity index is 2.43. The van der Waals surface area contributed by atoms with Gasteiger partial charge >= 0.3 is 12.0 Å². The second kappa shape index (κ2) is 8.19. The summed E-state index contributed by atoms with van der Waals surface area (Å²) in [5.41, 5.74) is 1.13. The average molecular weight is 278 g/mol. The predicted molar refractivity (Wildman–Crippen MR) is 77.6 cm³/mol. The Morgan fingerprint density at radius 1 is 1.20 bits per heavy atom. The van der Waals surface area contributed by atoms with E-state index in [0.29, 0.717) is 19.3 Å². The number of carbonyl (C=O) groups is 2. The summed E-state index contributed by atoms with van der Waals surface area (Å²) in [7, 11) is 0. The molecule has 2 amide bonds. The molecule has 3 N–H and O–H groups in total. The Bertz CT molecular complexity index is 434. The number of carboxylic acid groups (broad SMARTS) is 1. The number of rotatable bonds is 7. The van der Waals surface area contributed by atoms with Crippen molar-refractivity contribution in [3.63, 3.8) is 0 Å². The lowest BCUT2D eigenvalue weighted by Gasteiger charge is -2.18. The molecule has 110 valence electrons. The molecule has 5 heteroatoms. The Kier molecular flexibility index (Phi) is 6.56. The lowest BCUT2D eigenvalue weighted by atomic mass is 10.1. The summed E-state index contributed by atoms with van der Waals surface area (Å²) in [6.45, 7) is 3.77. The van der Waals surface area contributed by atoms with Crippen LogP contribution in [0, 0.1) is 0 Å². The molecule has 5 nitrogen and oxygen atoms in total. The molecule has 0 saturated carbocycles. The second-order valence-electron chi connectivity index (χ2n) is 4.89. The number of carboxylic acids is 1. The molecular weight excluding hydrogens is 256 g/mol. The van der Waals surface area contributed by atoms with Crippen LogP contribution < -0.4 is 10.6 Å². The number of amides is 2. The van der Waals surface area contributed by atoms with Gasteiger partial charge in [-0.05, 0) is 25.3 Å². The minimum atomic E-state index is -1.00.